The smallest absolute Gasteiger partial charge is 0.264 e. The summed E-state index contributed by atoms with van der Waals surface area (Å²) >= 11 is 1.41. The SMILES string of the molecule is CC(=O)N1CCN(C(=O)c2cnc(SCc3ccccc3)[nH]c2=O)CC1. The Bertz CT molecular complexity index is 845. The molecule has 1 aromatic heterocycles. The molecule has 0 bridgehead atoms. The number of nitrogens with zero attached hydrogens (tertiary/aromatic N) is 3. The van der Waals surface area contributed by atoms with Crippen LogP contribution in [0.1, 0.15) is 22.8 Å². The van der Waals surface area contributed by atoms with Gasteiger partial charge in [0.05, 0.1) is 0 Å². The largest absolute Gasteiger partial charge is 0.339 e. The third-order valence-corrected chi connectivity index (χ3v) is 5.20. The Morgan fingerprint density at radius 1 is 1.12 bits per heavy atom. The van der Waals surface area contributed by atoms with Crippen molar-refractivity contribution in [2.24, 2.45) is 0 Å². The van der Waals surface area contributed by atoms with Crippen LogP contribution >= 0.6 is 11.8 Å². The summed E-state index contributed by atoms with van der Waals surface area (Å²) in [6.07, 6.45) is 1.34. The van der Waals surface area contributed by atoms with Gasteiger partial charge in [-0.3, -0.25) is 14.4 Å². The fourth-order valence-corrected chi connectivity index (χ4v) is 3.51. The van der Waals surface area contributed by atoms with Crippen LogP contribution in [0.4, 0.5) is 0 Å². The number of carbonyl (C=O) groups is 2. The minimum atomic E-state index is -0.436. The van der Waals surface area contributed by atoms with Crippen LogP contribution in [-0.4, -0.2) is 57.8 Å². The van der Waals surface area contributed by atoms with E-state index in [1.807, 2.05) is 30.3 Å². The van der Waals surface area contributed by atoms with Gasteiger partial charge in [-0.2, -0.15) is 0 Å². The Kier molecular flexibility index (Phi) is 5.72. The monoisotopic (exact) mass is 372 g/mol. The molecular weight excluding hydrogens is 352 g/mol. The van der Waals surface area contributed by atoms with Crippen LogP contribution in [-0.2, 0) is 10.5 Å². The van der Waals surface area contributed by atoms with E-state index in [1.54, 1.807) is 9.80 Å². The Morgan fingerprint density at radius 2 is 1.77 bits per heavy atom. The first-order valence-electron chi connectivity index (χ1n) is 8.35. The molecule has 0 saturated carbocycles. The second kappa shape index (κ2) is 8.18. The number of hydrogen-bond acceptors (Lipinski definition) is 5. The Balaban J connectivity index is 1.63. The van der Waals surface area contributed by atoms with Gasteiger partial charge >= 0.3 is 0 Å². The third kappa shape index (κ3) is 4.32. The van der Waals surface area contributed by atoms with Gasteiger partial charge in [0.2, 0.25) is 5.91 Å². The fourth-order valence-electron chi connectivity index (χ4n) is 2.72. The maximum atomic E-state index is 12.5. The molecule has 1 aromatic carbocycles. The quantitative estimate of drug-likeness (QED) is 0.647. The molecule has 0 atom stereocenters. The Morgan fingerprint density at radius 3 is 2.38 bits per heavy atom. The molecule has 2 aromatic rings. The number of hydrogen-bond donors (Lipinski definition) is 1. The van der Waals surface area contributed by atoms with E-state index in [0.29, 0.717) is 37.1 Å². The van der Waals surface area contributed by atoms with Crippen molar-refractivity contribution < 1.29 is 9.59 Å². The molecule has 3 rings (SSSR count). The summed E-state index contributed by atoms with van der Waals surface area (Å²) in [7, 11) is 0. The van der Waals surface area contributed by atoms with Gasteiger partial charge in [-0.25, -0.2) is 4.98 Å². The number of amides is 2. The summed E-state index contributed by atoms with van der Waals surface area (Å²) in [6.45, 7) is 3.32. The normalized spacial score (nSPS) is 14.3. The molecule has 0 spiro atoms. The molecular formula is C18H20N4O3S. The van der Waals surface area contributed by atoms with E-state index in [2.05, 4.69) is 9.97 Å². The van der Waals surface area contributed by atoms with Crippen molar-refractivity contribution in [3.8, 4) is 0 Å². The number of nitrogens with one attached hydrogen (secondary N) is 1. The number of piperazine rings is 1. The lowest BCUT2D eigenvalue weighted by atomic mass is 10.2. The van der Waals surface area contributed by atoms with Crippen molar-refractivity contribution in [1.29, 1.82) is 0 Å². The zero-order valence-corrected chi connectivity index (χ0v) is 15.3. The standard InChI is InChI=1S/C18H20N4O3S/c1-13(23)21-7-9-22(10-8-21)17(25)15-11-19-18(20-16(15)24)26-12-14-5-3-2-4-6-14/h2-6,11H,7-10,12H2,1H3,(H,19,20,24). The molecule has 1 saturated heterocycles. The Hall–Kier alpha value is -2.61. The molecule has 7 nitrogen and oxygen atoms in total. The summed E-state index contributed by atoms with van der Waals surface area (Å²) in [5, 5.41) is 0.483. The average Bonchev–Trinajstić information content (AvgIpc) is 2.67. The van der Waals surface area contributed by atoms with Crippen LogP contribution in [0.15, 0.2) is 46.5 Å². The highest BCUT2D eigenvalue weighted by Gasteiger charge is 2.25. The number of benzene rings is 1. The first-order valence-corrected chi connectivity index (χ1v) is 9.34. The summed E-state index contributed by atoms with van der Waals surface area (Å²) in [5.74, 6) is 0.335. The first kappa shape index (κ1) is 18.2. The van der Waals surface area contributed by atoms with Crippen LogP contribution in [0, 0.1) is 0 Å². The van der Waals surface area contributed by atoms with Gasteiger partial charge in [0.1, 0.15) is 5.56 Å². The number of thioether (sulfide) groups is 1. The second-order valence-electron chi connectivity index (χ2n) is 6.00. The van der Waals surface area contributed by atoms with Gasteiger partial charge in [-0.1, -0.05) is 42.1 Å². The minimum absolute atomic E-state index is 0.00333. The summed E-state index contributed by atoms with van der Waals surface area (Å²) in [6, 6.07) is 9.87. The molecule has 0 unspecified atom stereocenters. The highest BCUT2D eigenvalue weighted by Crippen LogP contribution is 2.17. The van der Waals surface area contributed by atoms with E-state index < -0.39 is 5.56 Å². The van der Waals surface area contributed by atoms with Crippen LogP contribution in [0.3, 0.4) is 0 Å². The lowest BCUT2D eigenvalue weighted by Gasteiger charge is -2.34. The summed E-state index contributed by atoms with van der Waals surface area (Å²) in [5.41, 5.74) is 0.725. The molecule has 2 heterocycles. The van der Waals surface area contributed by atoms with Gasteiger partial charge in [-0.15, -0.1) is 0 Å². The molecule has 1 fully saturated rings. The highest BCUT2D eigenvalue weighted by atomic mass is 32.2. The molecule has 1 N–H and O–H groups in total. The summed E-state index contributed by atoms with van der Waals surface area (Å²) in [4.78, 5) is 46.3. The van der Waals surface area contributed by atoms with Gasteiger partial charge in [0, 0.05) is 45.1 Å². The van der Waals surface area contributed by atoms with E-state index in [1.165, 1.54) is 24.9 Å². The minimum Gasteiger partial charge on any atom is -0.339 e. The van der Waals surface area contributed by atoms with Gasteiger partial charge in [0.25, 0.3) is 11.5 Å². The van der Waals surface area contributed by atoms with Gasteiger partial charge in [0.15, 0.2) is 5.16 Å². The predicted molar refractivity (Wildman–Crippen MR) is 99.0 cm³/mol. The number of carbonyl (C=O) groups excluding carboxylic acids is 2. The zero-order valence-electron chi connectivity index (χ0n) is 14.5. The Labute approximate surface area is 155 Å². The first-order chi connectivity index (χ1) is 12.5. The van der Waals surface area contributed by atoms with E-state index in [9.17, 15) is 14.4 Å². The second-order valence-corrected chi connectivity index (χ2v) is 6.97. The van der Waals surface area contributed by atoms with Crippen molar-refractivity contribution in [2.75, 3.05) is 26.2 Å². The van der Waals surface area contributed by atoms with Crippen LogP contribution in [0.25, 0.3) is 0 Å². The highest BCUT2D eigenvalue weighted by molar-refractivity contribution is 7.98. The topological polar surface area (TPSA) is 86.4 Å². The number of rotatable bonds is 4. The zero-order chi connectivity index (χ0) is 18.5. The van der Waals surface area contributed by atoms with Crippen LogP contribution in [0.5, 0.6) is 0 Å². The molecule has 26 heavy (non-hydrogen) atoms. The predicted octanol–water partition coefficient (Wildman–Crippen LogP) is 1.37. The van der Waals surface area contributed by atoms with E-state index in [0.717, 1.165) is 5.56 Å². The van der Waals surface area contributed by atoms with Crippen molar-refractivity contribution in [1.82, 2.24) is 19.8 Å². The molecule has 0 radical (unpaired) electrons. The third-order valence-electron chi connectivity index (χ3n) is 4.24. The van der Waals surface area contributed by atoms with Crippen LogP contribution < -0.4 is 5.56 Å². The number of H-pyrrole nitrogens is 1. The molecule has 136 valence electrons. The number of aromatic amines is 1. The summed E-state index contributed by atoms with van der Waals surface area (Å²) < 4.78 is 0. The lowest BCUT2D eigenvalue weighted by Crippen LogP contribution is -2.50. The van der Waals surface area contributed by atoms with Gasteiger partial charge < -0.3 is 14.8 Å². The fraction of sp³-hybridized carbons (Fsp3) is 0.333. The van der Waals surface area contributed by atoms with E-state index in [4.69, 9.17) is 0 Å². The molecule has 1 aliphatic rings. The van der Waals surface area contributed by atoms with Crippen molar-refractivity contribution in [2.45, 2.75) is 17.8 Å². The lowest BCUT2D eigenvalue weighted by molar-refractivity contribution is -0.130. The van der Waals surface area contributed by atoms with Crippen LogP contribution in [0.2, 0.25) is 0 Å². The molecule has 2 amide bonds. The van der Waals surface area contributed by atoms with Crippen molar-refractivity contribution in [3.05, 3.63) is 58.0 Å². The number of aromatic nitrogens is 2. The van der Waals surface area contributed by atoms with E-state index >= 15 is 0 Å². The van der Waals surface area contributed by atoms with Crippen molar-refractivity contribution >= 4 is 23.6 Å². The maximum Gasteiger partial charge on any atom is 0.264 e. The molecule has 0 aliphatic carbocycles. The van der Waals surface area contributed by atoms with E-state index in [-0.39, 0.29) is 17.4 Å². The molecule has 8 heteroatoms. The average molecular weight is 372 g/mol. The molecule has 1 aliphatic heterocycles. The van der Waals surface area contributed by atoms with Crippen molar-refractivity contribution in [3.63, 3.8) is 0 Å². The van der Waals surface area contributed by atoms with Gasteiger partial charge in [-0.05, 0) is 5.56 Å². The maximum absolute atomic E-state index is 12.5.